The molecule has 0 atom stereocenters. The highest BCUT2D eigenvalue weighted by Gasteiger charge is 2.11. The molecule has 0 radical (unpaired) electrons. The number of hydrogen-bond donors (Lipinski definition) is 1. The number of nitrogens with zero attached hydrogens (tertiary/aromatic N) is 1. The van der Waals surface area contributed by atoms with Crippen molar-refractivity contribution in [3.8, 4) is 6.07 Å². The zero-order valence-electron chi connectivity index (χ0n) is 12.4. The smallest absolute Gasteiger partial charge is 0.266 e. The Bertz CT molecular complexity index is 788. The van der Waals surface area contributed by atoms with E-state index >= 15 is 0 Å². The molecule has 0 spiro atoms. The van der Waals surface area contributed by atoms with Crippen LogP contribution < -0.4 is 5.32 Å². The number of carbonyl (C=O) groups excluding carboxylic acids is 1. The van der Waals surface area contributed by atoms with Crippen molar-refractivity contribution in [3.63, 3.8) is 0 Å². The van der Waals surface area contributed by atoms with E-state index in [1.54, 1.807) is 6.08 Å². The molecule has 0 aromatic heterocycles. The number of amides is 1. The van der Waals surface area contributed by atoms with Crippen LogP contribution >= 0.6 is 22.6 Å². The van der Waals surface area contributed by atoms with E-state index in [0.717, 1.165) is 25.9 Å². The molecule has 0 fully saturated rings. The Morgan fingerprint density at radius 1 is 1.23 bits per heavy atom. The summed E-state index contributed by atoms with van der Waals surface area (Å²) in [6.07, 6.45) is 1.61. The van der Waals surface area contributed by atoms with Crippen molar-refractivity contribution in [2.24, 2.45) is 0 Å². The fourth-order valence-corrected chi connectivity index (χ4v) is 2.58. The van der Waals surface area contributed by atoms with Crippen molar-refractivity contribution in [2.45, 2.75) is 13.8 Å². The predicted molar refractivity (Wildman–Crippen MR) is 97.3 cm³/mol. The maximum atomic E-state index is 12.3. The molecular weight excluding hydrogens is 387 g/mol. The summed E-state index contributed by atoms with van der Waals surface area (Å²) in [6, 6.07) is 15.4. The van der Waals surface area contributed by atoms with Crippen LogP contribution in [0.3, 0.4) is 0 Å². The van der Waals surface area contributed by atoms with Crippen LogP contribution in [-0.2, 0) is 4.79 Å². The number of benzene rings is 2. The van der Waals surface area contributed by atoms with E-state index in [4.69, 9.17) is 0 Å². The normalized spacial score (nSPS) is 10.9. The van der Waals surface area contributed by atoms with Gasteiger partial charge >= 0.3 is 0 Å². The number of nitrogens with one attached hydrogen (secondary N) is 1. The highest BCUT2D eigenvalue weighted by molar-refractivity contribution is 14.1. The number of rotatable bonds is 3. The lowest BCUT2D eigenvalue weighted by molar-refractivity contribution is -0.112. The van der Waals surface area contributed by atoms with Crippen molar-refractivity contribution in [2.75, 3.05) is 5.32 Å². The molecule has 2 aromatic carbocycles. The third-order valence-electron chi connectivity index (χ3n) is 3.20. The van der Waals surface area contributed by atoms with Crippen LogP contribution in [-0.4, -0.2) is 5.91 Å². The van der Waals surface area contributed by atoms with Crippen LogP contribution in [0.1, 0.15) is 16.7 Å². The Morgan fingerprint density at radius 3 is 2.59 bits per heavy atom. The van der Waals surface area contributed by atoms with Crippen molar-refractivity contribution >= 4 is 40.3 Å². The molecule has 4 heteroatoms. The second kappa shape index (κ2) is 7.23. The molecule has 2 rings (SSSR count). The average molecular weight is 402 g/mol. The van der Waals surface area contributed by atoms with Gasteiger partial charge < -0.3 is 5.32 Å². The first-order valence-electron chi connectivity index (χ1n) is 6.76. The Morgan fingerprint density at radius 2 is 1.95 bits per heavy atom. The quantitative estimate of drug-likeness (QED) is 0.469. The molecule has 1 N–H and O–H groups in total. The number of nitriles is 1. The second-order valence-electron chi connectivity index (χ2n) is 4.96. The summed E-state index contributed by atoms with van der Waals surface area (Å²) >= 11 is 2.18. The van der Waals surface area contributed by atoms with Gasteiger partial charge in [0, 0.05) is 9.26 Å². The van der Waals surface area contributed by atoms with Gasteiger partial charge in [-0.25, -0.2) is 0 Å². The van der Waals surface area contributed by atoms with E-state index in [2.05, 4.69) is 27.9 Å². The van der Waals surface area contributed by atoms with Gasteiger partial charge in [-0.3, -0.25) is 4.79 Å². The van der Waals surface area contributed by atoms with Crippen molar-refractivity contribution in [3.05, 3.63) is 68.3 Å². The molecule has 110 valence electrons. The fraction of sp³-hybridized carbons (Fsp3) is 0.111. The fourth-order valence-electron chi connectivity index (χ4n) is 2.04. The molecule has 3 nitrogen and oxygen atoms in total. The minimum atomic E-state index is -0.394. The van der Waals surface area contributed by atoms with Gasteiger partial charge in [0.1, 0.15) is 11.6 Å². The van der Waals surface area contributed by atoms with E-state index in [9.17, 15) is 10.1 Å². The molecule has 0 saturated heterocycles. The number of anilines is 1. The molecule has 0 aliphatic rings. The first-order valence-corrected chi connectivity index (χ1v) is 7.84. The van der Waals surface area contributed by atoms with Gasteiger partial charge in [-0.2, -0.15) is 5.26 Å². The van der Waals surface area contributed by atoms with Crippen molar-refractivity contribution in [1.29, 1.82) is 5.26 Å². The molecule has 0 saturated carbocycles. The van der Waals surface area contributed by atoms with Crippen LogP contribution in [0.25, 0.3) is 6.08 Å². The number of aryl methyl sites for hydroxylation is 2. The first kappa shape index (κ1) is 16.2. The summed E-state index contributed by atoms with van der Waals surface area (Å²) in [5.41, 5.74) is 3.77. The molecular formula is C18H15IN2O. The Hall–Kier alpha value is -2.13. The van der Waals surface area contributed by atoms with E-state index in [-0.39, 0.29) is 5.57 Å². The highest BCUT2D eigenvalue weighted by Crippen LogP contribution is 2.19. The van der Waals surface area contributed by atoms with Gasteiger partial charge in [-0.15, -0.1) is 0 Å². The number of carbonyl (C=O) groups is 1. The summed E-state index contributed by atoms with van der Waals surface area (Å²) in [5, 5.41) is 12.1. The summed E-state index contributed by atoms with van der Waals surface area (Å²) in [7, 11) is 0. The molecule has 0 aliphatic heterocycles. The maximum absolute atomic E-state index is 12.3. The largest absolute Gasteiger partial charge is 0.321 e. The van der Waals surface area contributed by atoms with Gasteiger partial charge in [0.05, 0.1) is 0 Å². The standard InChI is InChI=1S/C18H15IN2O/c1-12-7-8-17(13(2)9-12)21-18(22)15(11-20)10-14-5-3-4-6-16(14)19/h3-10H,1-2H3,(H,21,22)/b15-10-. The summed E-state index contributed by atoms with van der Waals surface area (Å²) in [4.78, 5) is 12.3. The van der Waals surface area contributed by atoms with Crippen LogP contribution in [0.5, 0.6) is 0 Å². The van der Waals surface area contributed by atoms with Gasteiger partial charge in [-0.1, -0.05) is 35.9 Å². The van der Waals surface area contributed by atoms with Crippen molar-refractivity contribution < 1.29 is 4.79 Å². The number of hydrogen-bond acceptors (Lipinski definition) is 2. The molecule has 0 bridgehead atoms. The molecule has 22 heavy (non-hydrogen) atoms. The third kappa shape index (κ3) is 3.95. The summed E-state index contributed by atoms with van der Waals surface area (Å²) in [5.74, 6) is -0.394. The Kier molecular flexibility index (Phi) is 5.34. The predicted octanol–water partition coefficient (Wildman–Crippen LogP) is 4.45. The zero-order valence-corrected chi connectivity index (χ0v) is 14.5. The summed E-state index contributed by atoms with van der Waals surface area (Å²) < 4.78 is 0.993. The lowest BCUT2D eigenvalue weighted by atomic mass is 10.1. The van der Waals surface area contributed by atoms with Gasteiger partial charge in [-0.05, 0) is 65.8 Å². The van der Waals surface area contributed by atoms with E-state index in [0.29, 0.717) is 0 Å². The van der Waals surface area contributed by atoms with E-state index < -0.39 is 5.91 Å². The third-order valence-corrected chi connectivity index (χ3v) is 4.18. The molecule has 0 unspecified atom stereocenters. The second-order valence-corrected chi connectivity index (χ2v) is 6.13. The first-order chi connectivity index (χ1) is 10.5. The SMILES string of the molecule is Cc1ccc(NC(=O)/C(C#N)=C\c2ccccc2I)c(C)c1. The summed E-state index contributed by atoms with van der Waals surface area (Å²) in [6.45, 7) is 3.93. The zero-order chi connectivity index (χ0) is 16.1. The van der Waals surface area contributed by atoms with E-state index in [1.807, 2.05) is 62.4 Å². The lowest BCUT2D eigenvalue weighted by Gasteiger charge is -2.08. The van der Waals surface area contributed by atoms with Gasteiger partial charge in [0.25, 0.3) is 5.91 Å². The van der Waals surface area contributed by atoms with Gasteiger partial charge in [0.2, 0.25) is 0 Å². The Balaban J connectivity index is 2.27. The Labute approximate surface area is 143 Å². The average Bonchev–Trinajstić information content (AvgIpc) is 2.49. The number of halogens is 1. The highest BCUT2D eigenvalue weighted by atomic mass is 127. The topological polar surface area (TPSA) is 52.9 Å². The van der Waals surface area contributed by atoms with Crippen LogP contribution in [0, 0.1) is 28.7 Å². The van der Waals surface area contributed by atoms with E-state index in [1.165, 1.54) is 0 Å². The molecule has 0 heterocycles. The van der Waals surface area contributed by atoms with Crippen LogP contribution in [0.4, 0.5) is 5.69 Å². The lowest BCUT2D eigenvalue weighted by Crippen LogP contribution is -2.14. The molecule has 0 aliphatic carbocycles. The van der Waals surface area contributed by atoms with Crippen LogP contribution in [0.15, 0.2) is 48.0 Å². The van der Waals surface area contributed by atoms with Gasteiger partial charge in [0.15, 0.2) is 0 Å². The van der Waals surface area contributed by atoms with Crippen molar-refractivity contribution in [1.82, 2.24) is 0 Å². The minimum Gasteiger partial charge on any atom is -0.321 e. The minimum absolute atomic E-state index is 0.0871. The molecule has 1 amide bonds. The van der Waals surface area contributed by atoms with Crippen LogP contribution in [0.2, 0.25) is 0 Å². The molecule has 2 aromatic rings. The maximum Gasteiger partial charge on any atom is 0.266 e. The monoisotopic (exact) mass is 402 g/mol.